The van der Waals surface area contributed by atoms with Crippen LogP contribution >= 0.6 is 0 Å². The maximum Gasteiger partial charge on any atom is 0.305 e. The van der Waals surface area contributed by atoms with Crippen molar-refractivity contribution in [3.8, 4) is 0 Å². The summed E-state index contributed by atoms with van der Waals surface area (Å²) >= 11 is 0. The van der Waals surface area contributed by atoms with Gasteiger partial charge in [-0.25, -0.2) is 0 Å². The first-order valence-electron chi connectivity index (χ1n) is 5.86. The quantitative estimate of drug-likeness (QED) is 0.786. The Kier molecular flexibility index (Phi) is 4.48. The van der Waals surface area contributed by atoms with Gasteiger partial charge in [-0.2, -0.15) is 0 Å². The minimum atomic E-state index is -0.936. The largest absolute Gasteiger partial charge is 0.481 e. The zero-order chi connectivity index (χ0) is 13.8. The van der Waals surface area contributed by atoms with Gasteiger partial charge in [0.1, 0.15) is 0 Å². The molecular formula is C14H19NO3. The lowest BCUT2D eigenvalue weighted by Gasteiger charge is -2.20. The van der Waals surface area contributed by atoms with Gasteiger partial charge in [-0.05, 0) is 16.5 Å². The van der Waals surface area contributed by atoms with Crippen LogP contribution in [0, 0.1) is 0 Å². The van der Waals surface area contributed by atoms with E-state index in [9.17, 15) is 9.59 Å². The van der Waals surface area contributed by atoms with Crippen LogP contribution < -0.4 is 5.32 Å². The van der Waals surface area contributed by atoms with E-state index >= 15 is 0 Å². The van der Waals surface area contributed by atoms with Crippen LogP contribution in [-0.2, 0) is 15.0 Å². The molecule has 0 aliphatic heterocycles. The Labute approximate surface area is 107 Å². The number of nitrogens with one attached hydrogen (secondary N) is 1. The van der Waals surface area contributed by atoms with Gasteiger partial charge in [0.15, 0.2) is 0 Å². The molecule has 0 fully saturated rings. The van der Waals surface area contributed by atoms with Crippen LogP contribution in [0.2, 0.25) is 0 Å². The molecule has 1 aromatic carbocycles. The fourth-order valence-corrected chi connectivity index (χ4v) is 1.75. The Morgan fingerprint density at radius 1 is 1.33 bits per heavy atom. The van der Waals surface area contributed by atoms with Gasteiger partial charge in [0.2, 0.25) is 6.41 Å². The van der Waals surface area contributed by atoms with Gasteiger partial charge in [0, 0.05) is 0 Å². The van der Waals surface area contributed by atoms with Crippen molar-refractivity contribution in [1.82, 2.24) is 5.32 Å². The Bertz CT molecular complexity index is 418. The molecule has 4 nitrogen and oxygen atoms in total. The van der Waals surface area contributed by atoms with Crippen molar-refractivity contribution < 1.29 is 14.7 Å². The third-order valence-corrected chi connectivity index (χ3v) is 2.83. The van der Waals surface area contributed by atoms with Gasteiger partial charge >= 0.3 is 5.97 Å². The van der Waals surface area contributed by atoms with Crippen molar-refractivity contribution in [2.45, 2.75) is 38.6 Å². The van der Waals surface area contributed by atoms with Crippen molar-refractivity contribution in [3.63, 3.8) is 0 Å². The summed E-state index contributed by atoms with van der Waals surface area (Å²) in [6.45, 7) is 6.33. The van der Waals surface area contributed by atoms with Crippen molar-refractivity contribution in [1.29, 1.82) is 0 Å². The molecule has 18 heavy (non-hydrogen) atoms. The second-order valence-electron chi connectivity index (χ2n) is 5.31. The highest BCUT2D eigenvalue weighted by Gasteiger charge is 2.17. The molecule has 4 heteroatoms. The number of rotatable bonds is 5. The van der Waals surface area contributed by atoms with Crippen LogP contribution in [0.4, 0.5) is 0 Å². The van der Waals surface area contributed by atoms with Crippen molar-refractivity contribution in [2.24, 2.45) is 0 Å². The highest BCUT2D eigenvalue weighted by molar-refractivity contribution is 5.68. The molecule has 1 amide bonds. The van der Waals surface area contributed by atoms with Gasteiger partial charge in [-0.3, -0.25) is 9.59 Å². The van der Waals surface area contributed by atoms with E-state index in [-0.39, 0.29) is 11.8 Å². The highest BCUT2D eigenvalue weighted by Crippen LogP contribution is 2.24. The van der Waals surface area contributed by atoms with E-state index < -0.39 is 12.0 Å². The number of carboxylic acids is 1. The SMILES string of the molecule is CC(C)(C)c1ccc(C(CC(=O)O)NC=O)cc1. The van der Waals surface area contributed by atoms with E-state index in [1.165, 1.54) is 5.56 Å². The number of hydrogen-bond acceptors (Lipinski definition) is 2. The molecule has 98 valence electrons. The molecule has 0 spiro atoms. The van der Waals surface area contributed by atoms with E-state index in [4.69, 9.17) is 5.11 Å². The Morgan fingerprint density at radius 3 is 2.28 bits per heavy atom. The van der Waals surface area contributed by atoms with Crippen LogP contribution in [0.15, 0.2) is 24.3 Å². The summed E-state index contributed by atoms with van der Waals surface area (Å²) in [7, 11) is 0. The monoisotopic (exact) mass is 249 g/mol. The lowest BCUT2D eigenvalue weighted by Crippen LogP contribution is -2.22. The van der Waals surface area contributed by atoms with Gasteiger partial charge < -0.3 is 10.4 Å². The molecule has 0 heterocycles. The van der Waals surface area contributed by atoms with E-state index in [1.54, 1.807) is 0 Å². The van der Waals surface area contributed by atoms with Crippen molar-refractivity contribution >= 4 is 12.4 Å². The fraction of sp³-hybridized carbons (Fsp3) is 0.429. The summed E-state index contributed by atoms with van der Waals surface area (Å²) in [4.78, 5) is 21.2. The third-order valence-electron chi connectivity index (χ3n) is 2.83. The predicted octanol–water partition coefficient (Wildman–Crippen LogP) is 2.25. The summed E-state index contributed by atoms with van der Waals surface area (Å²) in [5.74, 6) is -0.936. The van der Waals surface area contributed by atoms with E-state index in [0.29, 0.717) is 6.41 Å². The molecular weight excluding hydrogens is 230 g/mol. The molecule has 1 unspecified atom stereocenters. The second-order valence-corrected chi connectivity index (χ2v) is 5.31. The molecule has 0 aromatic heterocycles. The fourth-order valence-electron chi connectivity index (χ4n) is 1.75. The first-order chi connectivity index (χ1) is 8.34. The Hall–Kier alpha value is -1.84. The number of benzene rings is 1. The summed E-state index contributed by atoms with van der Waals surface area (Å²) in [6, 6.07) is 7.19. The molecule has 0 saturated heterocycles. The number of aliphatic carboxylic acids is 1. The lowest BCUT2D eigenvalue weighted by atomic mass is 9.86. The Morgan fingerprint density at radius 2 is 1.89 bits per heavy atom. The van der Waals surface area contributed by atoms with Gasteiger partial charge in [0.05, 0.1) is 12.5 Å². The average Bonchev–Trinajstić information content (AvgIpc) is 2.27. The van der Waals surface area contributed by atoms with E-state index in [1.807, 2.05) is 24.3 Å². The van der Waals surface area contributed by atoms with Crippen LogP contribution in [0.5, 0.6) is 0 Å². The smallest absolute Gasteiger partial charge is 0.305 e. The lowest BCUT2D eigenvalue weighted by molar-refractivity contribution is -0.137. The number of carboxylic acid groups (broad SMARTS) is 1. The summed E-state index contributed by atoms with van der Waals surface area (Å²) in [6.07, 6.45) is 0.416. The van der Waals surface area contributed by atoms with Gasteiger partial charge in [-0.1, -0.05) is 45.0 Å². The van der Waals surface area contributed by atoms with Gasteiger partial charge in [-0.15, -0.1) is 0 Å². The first kappa shape index (κ1) is 14.2. The number of carbonyl (C=O) groups excluding carboxylic acids is 1. The molecule has 0 bridgehead atoms. The minimum absolute atomic E-state index is 0.0545. The summed E-state index contributed by atoms with van der Waals surface area (Å²) in [5, 5.41) is 11.3. The minimum Gasteiger partial charge on any atom is -0.481 e. The van der Waals surface area contributed by atoms with Crippen LogP contribution in [0.1, 0.15) is 44.4 Å². The van der Waals surface area contributed by atoms with Gasteiger partial charge in [0.25, 0.3) is 0 Å². The maximum atomic E-state index is 10.7. The normalized spacial score (nSPS) is 12.8. The zero-order valence-corrected chi connectivity index (χ0v) is 10.9. The van der Waals surface area contributed by atoms with Crippen LogP contribution in [0.3, 0.4) is 0 Å². The molecule has 1 rings (SSSR count). The van der Waals surface area contributed by atoms with Crippen LogP contribution in [-0.4, -0.2) is 17.5 Å². The number of hydrogen-bond donors (Lipinski definition) is 2. The summed E-state index contributed by atoms with van der Waals surface area (Å²) < 4.78 is 0. The third kappa shape index (κ3) is 3.87. The zero-order valence-electron chi connectivity index (χ0n) is 10.9. The summed E-state index contributed by atoms with van der Waals surface area (Å²) in [5.41, 5.74) is 2.03. The maximum absolute atomic E-state index is 10.7. The molecule has 1 aromatic rings. The van der Waals surface area contributed by atoms with E-state index in [0.717, 1.165) is 5.56 Å². The second kappa shape index (κ2) is 5.67. The predicted molar refractivity (Wildman–Crippen MR) is 69.3 cm³/mol. The molecule has 0 aliphatic carbocycles. The molecule has 0 saturated carbocycles. The number of amides is 1. The van der Waals surface area contributed by atoms with Crippen molar-refractivity contribution in [3.05, 3.63) is 35.4 Å². The van der Waals surface area contributed by atoms with E-state index in [2.05, 4.69) is 26.1 Å². The number of carbonyl (C=O) groups is 2. The molecule has 1 atom stereocenters. The highest BCUT2D eigenvalue weighted by atomic mass is 16.4. The molecule has 2 N–H and O–H groups in total. The topological polar surface area (TPSA) is 66.4 Å². The molecule has 0 aliphatic rings. The standard InChI is InChI=1S/C14H19NO3/c1-14(2,3)11-6-4-10(5-7-11)12(15-9-16)8-13(17)18/h4-7,9,12H,8H2,1-3H3,(H,15,16)(H,17,18). The average molecular weight is 249 g/mol. The van der Waals surface area contributed by atoms with Crippen LogP contribution in [0.25, 0.3) is 0 Å². The Balaban J connectivity index is 2.93. The first-order valence-corrected chi connectivity index (χ1v) is 5.86. The van der Waals surface area contributed by atoms with Crippen molar-refractivity contribution in [2.75, 3.05) is 0 Å². The molecule has 0 radical (unpaired) electrons.